The number of ether oxygens (including phenoxy) is 2. The molecule has 0 unspecified atom stereocenters. The number of carbonyl (C=O) groups is 1. The van der Waals surface area contributed by atoms with Gasteiger partial charge in [-0.05, 0) is 25.0 Å². The normalized spacial score (nSPS) is 14.8. The number of imidazole rings is 1. The number of methoxy groups -OCH3 is 2. The van der Waals surface area contributed by atoms with E-state index in [9.17, 15) is 4.79 Å². The molecular formula is C18H23N5O3. The molecule has 2 heterocycles. The van der Waals surface area contributed by atoms with Crippen LogP contribution >= 0.6 is 0 Å². The quantitative estimate of drug-likeness (QED) is 0.824. The van der Waals surface area contributed by atoms with Gasteiger partial charge in [0.1, 0.15) is 23.5 Å². The zero-order valence-corrected chi connectivity index (χ0v) is 15.4. The molecule has 1 amide bonds. The van der Waals surface area contributed by atoms with Crippen LogP contribution in [-0.2, 0) is 4.79 Å². The number of anilines is 1. The largest absolute Gasteiger partial charge is 0.493 e. The predicted octanol–water partition coefficient (Wildman–Crippen LogP) is 2.11. The fraction of sp³-hybridized carbons (Fsp3) is 0.389. The molecule has 0 saturated heterocycles. The number of aliphatic imine (C=N–C) groups is 1. The Balaban J connectivity index is 2.15. The van der Waals surface area contributed by atoms with Crippen molar-refractivity contribution in [3.8, 4) is 17.2 Å². The molecule has 0 fully saturated rings. The number of nitrogens with one attached hydrogen (secondary N) is 1. The number of nitrogens with two attached hydrogens (primary N) is 1. The molecule has 3 rings (SSSR count). The van der Waals surface area contributed by atoms with Crippen molar-refractivity contribution in [3.05, 3.63) is 30.2 Å². The summed E-state index contributed by atoms with van der Waals surface area (Å²) < 4.78 is 12.5. The van der Waals surface area contributed by atoms with E-state index in [0.29, 0.717) is 35.9 Å². The summed E-state index contributed by atoms with van der Waals surface area (Å²) in [5.74, 6) is 1.33. The molecular weight excluding hydrogens is 334 g/mol. The predicted molar refractivity (Wildman–Crippen MR) is 99.3 cm³/mol. The van der Waals surface area contributed by atoms with Crippen LogP contribution in [0.4, 0.5) is 5.82 Å². The monoisotopic (exact) mass is 357 g/mol. The Bertz CT molecular complexity index is 868. The molecule has 138 valence electrons. The third kappa shape index (κ3) is 2.77. The van der Waals surface area contributed by atoms with Crippen molar-refractivity contribution in [3.63, 3.8) is 0 Å². The lowest BCUT2D eigenvalue weighted by Crippen LogP contribution is -2.43. The maximum atomic E-state index is 11.9. The van der Waals surface area contributed by atoms with Gasteiger partial charge in [0.25, 0.3) is 5.91 Å². The van der Waals surface area contributed by atoms with E-state index in [1.807, 2.05) is 36.6 Å². The molecule has 0 bridgehead atoms. The van der Waals surface area contributed by atoms with E-state index in [2.05, 4.69) is 15.3 Å². The Hall–Kier alpha value is -3.03. The summed E-state index contributed by atoms with van der Waals surface area (Å²) in [6, 6.07) is 5.55. The van der Waals surface area contributed by atoms with Gasteiger partial charge in [-0.2, -0.15) is 0 Å². The molecule has 1 aromatic carbocycles. The van der Waals surface area contributed by atoms with Crippen molar-refractivity contribution in [1.29, 1.82) is 0 Å². The van der Waals surface area contributed by atoms with E-state index >= 15 is 0 Å². The third-order valence-electron chi connectivity index (χ3n) is 4.72. The van der Waals surface area contributed by atoms with Gasteiger partial charge in [-0.15, -0.1) is 0 Å². The molecule has 0 aliphatic carbocycles. The number of carbonyl (C=O) groups excluding carboxylic acids is 1. The van der Waals surface area contributed by atoms with Crippen LogP contribution in [0.15, 0.2) is 29.5 Å². The summed E-state index contributed by atoms with van der Waals surface area (Å²) >= 11 is 0. The standard InChI is InChI=1S/C18H23N5O3/c1-5-18(6-2)21-14(16(19)24)15-17(22-18)23(10-20-15)11-7-8-12(25-3)13(9-11)26-4/h7-10,22H,5-6H2,1-4H3,(H2,19,24). The fourth-order valence-corrected chi connectivity index (χ4v) is 3.08. The first kappa shape index (κ1) is 17.8. The summed E-state index contributed by atoms with van der Waals surface area (Å²) in [5, 5.41) is 3.44. The Morgan fingerprint density at radius 2 is 1.92 bits per heavy atom. The Morgan fingerprint density at radius 3 is 2.50 bits per heavy atom. The molecule has 2 aromatic rings. The molecule has 0 saturated carbocycles. The number of primary amides is 1. The first-order valence-corrected chi connectivity index (χ1v) is 8.46. The van der Waals surface area contributed by atoms with Crippen molar-refractivity contribution in [1.82, 2.24) is 9.55 Å². The molecule has 0 atom stereocenters. The minimum Gasteiger partial charge on any atom is -0.493 e. The van der Waals surface area contributed by atoms with Crippen LogP contribution < -0.4 is 20.5 Å². The lowest BCUT2D eigenvalue weighted by molar-refractivity contribution is -0.112. The minimum atomic E-state index is -0.592. The molecule has 0 spiro atoms. The number of hydrogen-bond acceptors (Lipinski definition) is 6. The van der Waals surface area contributed by atoms with E-state index in [4.69, 9.17) is 15.2 Å². The van der Waals surface area contributed by atoms with Crippen molar-refractivity contribution in [2.24, 2.45) is 10.7 Å². The van der Waals surface area contributed by atoms with E-state index in [1.54, 1.807) is 20.5 Å². The van der Waals surface area contributed by atoms with E-state index in [0.717, 1.165) is 5.69 Å². The summed E-state index contributed by atoms with van der Waals surface area (Å²) in [5.41, 5.74) is 6.43. The molecule has 1 aliphatic heterocycles. The van der Waals surface area contributed by atoms with Crippen LogP contribution in [0.3, 0.4) is 0 Å². The smallest absolute Gasteiger partial charge is 0.269 e. The number of hydrogen-bond donors (Lipinski definition) is 2. The topological polar surface area (TPSA) is 104 Å². The summed E-state index contributed by atoms with van der Waals surface area (Å²) in [4.78, 5) is 20.9. The van der Waals surface area contributed by atoms with Gasteiger partial charge in [-0.1, -0.05) is 13.8 Å². The SMILES string of the molecule is CCC1(CC)N=C(C(N)=O)c2ncn(-c3ccc(OC)c(OC)c3)c2N1. The highest BCUT2D eigenvalue weighted by Gasteiger charge is 2.36. The average Bonchev–Trinajstić information content (AvgIpc) is 3.09. The van der Waals surface area contributed by atoms with Crippen LogP contribution in [0.5, 0.6) is 11.5 Å². The van der Waals surface area contributed by atoms with Gasteiger partial charge < -0.3 is 20.5 Å². The van der Waals surface area contributed by atoms with E-state index in [1.165, 1.54) is 0 Å². The molecule has 1 aromatic heterocycles. The van der Waals surface area contributed by atoms with E-state index < -0.39 is 11.6 Å². The molecule has 0 radical (unpaired) electrons. The number of fused-ring (bicyclic) bond motifs is 1. The summed E-state index contributed by atoms with van der Waals surface area (Å²) in [6.45, 7) is 4.03. The number of benzene rings is 1. The number of nitrogens with zero attached hydrogens (tertiary/aromatic N) is 3. The fourth-order valence-electron chi connectivity index (χ4n) is 3.08. The van der Waals surface area contributed by atoms with Crippen molar-refractivity contribution in [2.45, 2.75) is 32.4 Å². The second kappa shape index (κ2) is 6.70. The number of aromatic nitrogens is 2. The van der Waals surface area contributed by atoms with Crippen LogP contribution in [-0.4, -0.2) is 41.1 Å². The molecule has 8 nitrogen and oxygen atoms in total. The lowest BCUT2D eigenvalue weighted by atomic mass is 10.0. The second-order valence-electron chi connectivity index (χ2n) is 6.04. The highest BCUT2D eigenvalue weighted by atomic mass is 16.5. The minimum absolute atomic E-state index is 0.196. The Labute approximate surface area is 152 Å². The van der Waals surface area contributed by atoms with E-state index in [-0.39, 0.29) is 5.71 Å². The highest BCUT2D eigenvalue weighted by molar-refractivity contribution is 6.45. The number of rotatable bonds is 6. The van der Waals surface area contributed by atoms with Crippen LogP contribution in [0.1, 0.15) is 32.4 Å². The average molecular weight is 357 g/mol. The summed E-state index contributed by atoms with van der Waals surface area (Å²) in [6.07, 6.45) is 3.05. The highest BCUT2D eigenvalue weighted by Crippen LogP contribution is 2.35. The van der Waals surface area contributed by atoms with Gasteiger partial charge >= 0.3 is 0 Å². The maximum Gasteiger partial charge on any atom is 0.269 e. The first-order chi connectivity index (χ1) is 12.5. The second-order valence-corrected chi connectivity index (χ2v) is 6.04. The van der Waals surface area contributed by atoms with Gasteiger partial charge in [-0.3, -0.25) is 9.36 Å². The van der Waals surface area contributed by atoms with Crippen molar-refractivity contribution >= 4 is 17.4 Å². The Kier molecular flexibility index (Phi) is 4.58. The molecule has 26 heavy (non-hydrogen) atoms. The summed E-state index contributed by atoms with van der Waals surface area (Å²) in [7, 11) is 3.17. The van der Waals surface area contributed by atoms with Crippen LogP contribution in [0.25, 0.3) is 5.69 Å². The number of amides is 1. The van der Waals surface area contributed by atoms with Gasteiger partial charge in [0, 0.05) is 6.07 Å². The Morgan fingerprint density at radius 1 is 1.23 bits per heavy atom. The zero-order chi connectivity index (χ0) is 18.9. The van der Waals surface area contributed by atoms with Gasteiger partial charge in [0.2, 0.25) is 0 Å². The van der Waals surface area contributed by atoms with Crippen LogP contribution in [0.2, 0.25) is 0 Å². The zero-order valence-electron chi connectivity index (χ0n) is 15.4. The van der Waals surface area contributed by atoms with Gasteiger partial charge in [0.05, 0.1) is 19.9 Å². The van der Waals surface area contributed by atoms with Crippen molar-refractivity contribution in [2.75, 3.05) is 19.5 Å². The van der Waals surface area contributed by atoms with Gasteiger partial charge in [-0.25, -0.2) is 9.98 Å². The first-order valence-electron chi connectivity index (χ1n) is 8.46. The molecule has 3 N–H and O–H groups in total. The van der Waals surface area contributed by atoms with Gasteiger partial charge in [0.15, 0.2) is 17.2 Å². The van der Waals surface area contributed by atoms with Crippen LogP contribution in [0, 0.1) is 0 Å². The molecule has 1 aliphatic rings. The lowest BCUT2D eigenvalue weighted by Gasteiger charge is -2.34. The molecule has 8 heteroatoms. The third-order valence-corrected chi connectivity index (χ3v) is 4.72. The van der Waals surface area contributed by atoms with Crippen molar-refractivity contribution < 1.29 is 14.3 Å². The maximum absolute atomic E-state index is 11.9.